The topological polar surface area (TPSA) is 55.9 Å². The predicted molar refractivity (Wildman–Crippen MR) is 102 cm³/mol. The van der Waals surface area contributed by atoms with Gasteiger partial charge in [0.15, 0.2) is 0 Å². The van der Waals surface area contributed by atoms with Crippen molar-refractivity contribution < 1.29 is 9.59 Å². The third-order valence-electron chi connectivity index (χ3n) is 4.38. The van der Waals surface area contributed by atoms with Crippen molar-refractivity contribution in [2.24, 2.45) is 0 Å². The Morgan fingerprint density at radius 1 is 1.12 bits per heavy atom. The molecule has 0 atom stereocenters. The Bertz CT molecular complexity index is 602. The van der Waals surface area contributed by atoms with Crippen LogP contribution in [0, 0.1) is 0 Å². The Morgan fingerprint density at radius 2 is 1.76 bits per heavy atom. The van der Waals surface area contributed by atoms with Crippen LogP contribution in [0.15, 0.2) is 30.3 Å². The summed E-state index contributed by atoms with van der Waals surface area (Å²) in [5, 5.41) is 2.91. The number of carbonyl (C=O) groups excluding carboxylic acids is 2. The summed E-state index contributed by atoms with van der Waals surface area (Å²) in [6, 6.07) is 8.04. The average Bonchev–Trinajstić information content (AvgIpc) is 2.60. The van der Waals surface area contributed by atoms with E-state index in [0.29, 0.717) is 6.54 Å². The van der Waals surface area contributed by atoms with Gasteiger partial charge in [0.2, 0.25) is 11.8 Å². The van der Waals surface area contributed by atoms with Crippen LogP contribution in [0.1, 0.15) is 12.5 Å². The van der Waals surface area contributed by atoms with Crippen molar-refractivity contribution in [3.8, 4) is 0 Å². The van der Waals surface area contributed by atoms with Crippen LogP contribution in [-0.4, -0.2) is 75.0 Å². The fourth-order valence-corrected chi connectivity index (χ4v) is 2.74. The minimum atomic E-state index is -0.0842. The molecular weight excluding hydrogens is 316 g/mol. The largest absolute Gasteiger partial charge is 0.378 e. The number of hydrogen-bond donors (Lipinski definition) is 1. The monoisotopic (exact) mass is 344 g/mol. The highest BCUT2D eigenvalue weighted by atomic mass is 16.2. The van der Waals surface area contributed by atoms with Gasteiger partial charge in [-0.2, -0.15) is 0 Å². The molecule has 0 radical (unpaired) electrons. The molecule has 2 amide bonds. The second-order valence-electron chi connectivity index (χ2n) is 6.46. The number of carbonyl (C=O) groups is 2. The highest BCUT2D eigenvalue weighted by Crippen LogP contribution is 2.13. The van der Waals surface area contributed by atoms with E-state index in [1.807, 2.05) is 54.2 Å². The van der Waals surface area contributed by atoms with Crippen molar-refractivity contribution in [3.05, 3.63) is 35.9 Å². The normalized spacial score (nSPS) is 15.4. The third kappa shape index (κ3) is 6.23. The second-order valence-corrected chi connectivity index (χ2v) is 6.46. The zero-order chi connectivity index (χ0) is 18.2. The van der Waals surface area contributed by atoms with E-state index >= 15 is 0 Å². The fourth-order valence-electron chi connectivity index (χ4n) is 2.74. The maximum absolute atomic E-state index is 11.9. The number of nitrogens with zero attached hydrogens (tertiary/aromatic N) is 3. The lowest BCUT2D eigenvalue weighted by molar-refractivity contribution is -0.130. The summed E-state index contributed by atoms with van der Waals surface area (Å²) in [5.74, 6) is 0.0516. The van der Waals surface area contributed by atoms with Crippen molar-refractivity contribution in [1.29, 1.82) is 0 Å². The molecule has 1 aliphatic heterocycles. The number of amides is 2. The molecule has 0 aliphatic carbocycles. The van der Waals surface area contributed by atoms with Gasteiger partial charge in [0.1, 0.15) is 0 Å². The van der Waals surface area contributed by atoms with Gasteiger partial charge in [-0.3, -0.25) is 14.5 Å². The maximum Gasteiger partial charge on any atom is 0.244 e. The first-order valence-corrected chi connectivity index (χ1v) is 8.67. The van der Waals surface area contributed by atoms with Crippen LogP contribution in [0.4, 0.5) is 5.69 Å². The lowest BCUT2D eigenvalue weighted by Crippen LogP contribution is -2.49. The molecule has 6 heteroatoms. The molecule has 1 N–H and O–H groups in total. The average molecular weight is 344 g/mol. The molecule has 1 aromatic rings. The quantitative estimate of drug-likeness (QED) is 0.784. The Balaban J connectivity index is 1.68. The van der Waals surface area contributed by atoms with Gasteiger partial charge in [0.25, 0.3) is 0 Å². The summed E-state index contributed by atoms with van der Waals surface area (Å²) >= 11 is 0. The molecule has 25 heavy (non-hydrogen) atoms. The molecule has 0 bridgehead atoms. The standard InChI is InChI=1S/C19H28N4O2/c1-16(24)23-14-12-22(13-15-23)11-10-20-19(25)9-6-17-4-7-18(8-5-17)21(2)3/h4-9H,10-15H2,1-3H3,(H,20,25)/b9-6-. The third-order valence-corrected chi connectivity index (χ3v) is 4.38. The molecule has 6 nitrogen and oxygen atoms in total. The van der Waals surface area contributed by atoms with Crippen molar-refractivity contribution in [3.63, 3.8) is 0 Å². The van der Waals surface area contributed by atoms with Gasteiger partial charge in [-0.15, -0.1) is 0 Å². The first kappa shape index (κ1) is 19.0. The molecule has 1 aliphatic rings. The van der Waals surface area contributed by atoms with Crippen LogP contribution < -0.4 is 10.2 Å². The molecule has 1 fully saturated rings. The molecule has 1 aromatic carbocycles. The minimum absolute atomic E-state index is 0.0842. The zero-order valence-corrected chi connectivity index (χ0v) is 15.4. The molecule has 2 rings (SSSR count). The van der Waals surface area contributed by atoms with E-state index in [9.17, 15) is 9.59 Å². The lowest BCUT2D eigenvalue weighted by Gasteiger charge is -2.34. The van der Waals surface area contributed by atoms with Crippen molar-refractivity contribution in [2.45, 2.75) is 6.92 Å². The molecule has 1 saturated heterocycles. The van der Waals surface area contributed by atoms with Gasteiger partial charge in [-0.1, -0.05) is 12.1 Å². The van der Waals surface area contributed by atoms with E-state index in [2.05, 4.69) is 10.2 Å². The van der Waals surface area contributed by atoms with Crippen LogP contribution in [0.25, 0.3) is 6.08 Å². The molecule has 1 heterocycles. The zero-order valence-electron chi connectivity index (χ0n) is 15.4. The van der Waals surface area contributed by atoms with E-state index < -0.39 is 0 Å². The van der Waals surface area contributed by atoms with E-state index in [-0.39, 0.29) is 11.8 Å². The highest BCUT2D eigenvalue weighted by molar-refractivity contribution is 5.91. The van der Waals surface area contributed by atoms with Gasteiger partial charge in [-0.25, -0.2) is 0 Å². The van der Waals surface area contributed by atoms with Crippen LogP contribution in [0.5, 0.6) is 0 Å². The number of rotatable bonds is 6. The first-order valence-electron chi connectivity index (χ1n) is 8.67. The lowest BCUT2D eigenvalue weighted by atomic mass is 10.2. The number of hydrogen-bond acceptors (Lipinski definition) is 4. The Morgan fingerprint density at radius 3 is 2.32 bits per heavy atom. The van der Waals surface area contributed by atoms with Gasteiger partial charge < -0.3 is 15.1 Å². The van der Waals surface area contributed by atoms with E-state index in [4.69, 9.17) is 0 Å². The van der Waals surface area contributed by atoms with Crippen LogP contribution >= 0.6 is 0 Å². The van der Waals surface area contributed by atoms with Gasteiger partial charge in [-0.05, 0) is 23.8 Å². The molecule has 0 unspecified atom stereocenters. The molecule has 0 aromatic heterocycles. The van der Waals surface area contributed by atoms with Gasteiger partial charge >= 0.3 is 0 Å². The Hall–Kier alpha value is -2.34. The van der Waals surface area contributed by atoms with Gasteiger partial charge in [0.05, 0.1) is 0 Å². The smallest absolute Gasteiger partial charge is 0.244 e. The SMILES string of the molecule is CC(=O)N1CCN(CCNC(=O)/C=C\c2ccc(N(C)C)cc2)CC1. The number of nitrogens with one attached hydrogen (secondary N) is 1. The molecular formula is C19H28N4O2. The van der Waals surface area contributed by atoms with Crippen LogP contribution in [-0.2, 0) is 9.59 Å². The Labute approximate surface area is 150 Å². The predicted octanol–water partition coefficient (Wildman–Crippen LogP) is 1.05. The highest BCUT2D eigenvalue weighted by Gasteiger charge is 2.17. The number of piperazine rings is 1. The molecule has 136 valence electrons. The first-order chi connectivity index (χ1) is 12.0. The molecule has 0 spiro atoms. The summed E-state index contributed by atoms with van der Waals surface area (Å²) in [6.45, 7) is 6.30. The summed E-state index contributed by atoms with van der Waals surface area (Å²) in [6.07, 6.45) is 3.39. The van der Waals surface area contributed by atoms with E-state index in [0.717, 1.165) is 44.0 Å². The van der Waals surface area contributed by atoms with Crippen molar-refractivity contribution in [2.75, 3.05) is 58.3 Å². The summed E-state index contributed by atoms with van der Waals surface area (Å²) in [7, 11) is 4.00. The summed E-state index contributed by atoms with van der Waals surface area (Å²) in [5.41, 5.74) is 2.13. The van der Waals surface area contributed by atoms with E-state index in [1.54, 1.807) is 13.0 Å². The summed E-state index contributed by atoms with van der Waals surface area (Å²) in [4.78, 5) is 29.4. The van der Waals surface area contributed by atoms with E-state index in [1.165, 1.54) is 0 Å². The van der Waals surface area contributed by atoms with Crippen LogP contribution in [0.2, 0.25) is 0 Å². The summed E-state index contributed by atoms with van der Waals surface area (Å²) < 4.78 is 0. The number of anilines is 1. The maximum atomic E-state index is 11.9. The molecule has 0 saturated carbocycles. The van der Waals surface area contributed by atoms with Crippen LogP contribution in [0.3, 0.4) is 0 Å². The minimum Gasteiger partial charge on any atom is -0.378 e. The second kappa shape index (κ2) is 9.22. The van der Waals surface area contributed by atoms with Gasteiger partial charge in [0, 0.05) is 72.1 Å². The Kier molecular flexibility index (Phi) is 7.01. The van der Waals surface area contributed by atoms with Crippen molar-refractivity contribution >= 4 is 23.6 Å². The fraction of sp³-hybridized carbons (Fsp3) is 0.474. The number of benzene rings is 1. The van der Waals surface area contributed by atoms with Crippen molar-refractivity contribution in [1.82, 2.24) is 15.1 Å².